The quantitative estimate of drug-likeness (QED) is 0.406. The molecule has 0 N–H and O–H groups in total. The van der Waals surface area contributed by atoms with E-state index in [2.05, 4.69) is 6.58 Å². The van der Waals surface area contributed by atoms with Crippen molar-refractivity contribution in [1.29, 1.82) is 0 Å². The summed E-state index contributed by atoms with van der Waals surface area (Å²) in [7, 11) is 0. The van der Waals surface area contributed by atoms with E-state index in [1.165, 1.54) is 0 Å². The molecular formula is C14H22O3. The number of esters is 1. The van der Waals surface area contributed by atoms with Gasteiger partial charge in [0.2, 0.25) is 0 Å². The fraction of sp³-hybridized carbons (Fsp3) is 0.714. The van der Waals surface area contributed by atoms with Crippen molar-refractivity contribution in [3.05, 3.63) is 12.2 Å². The molecule has 1 aliphatic carbocycles. The first-order valence-electron chi connectivity index (χ1n) is 6.32. The van der Waals surface area contributed by atoms with Crippen LogP contribution in [0.25, 0.3) is 0 Å². The Balaban J connectivity index is 2.35. The van der Waals surface area contributed by atoms with Crippen molar-refractivity contribution in [2.45, 2.75) is 39.5 Å². The molecule has 0 saturated heterocycles. The average molecular weight is 238 g/mol. The Labute approximate surface area is 103 Å². The number of rotatable bonds is 6. The third-order valence-corrected chi connectivity index (χ3v) is 3.28. The zero-order valence-electron chi connectivity index (χ0n) is 10.8. The Morgan fingerprint density at radius 3 is 2.71 bits per heavy atom. The maximum absolute atomic E-state index is 11.6. The van der Waals surface area contributed by atoms with E-state index in [1.54, 1.807) is 0 Å². The van der Waals surface area contributed by atoms with Gasteiger partial charge in [0, 0.05) is 6.42 Å². The Morgan fingerprint density at radius 1 is 1.47 bits per heavy atom. The molecule has 2 atom stereocenters. The van der Waals surface area contributed by atoms with Gasteiger partial charge in [-0.3, -0.25) is 4.79 Å². The molecule has 0 aromatic rings. The SMILES string of the molecule is C=C1C(CC=O)CC[C@H]1CC(=O)OCC(C)C. The molecule has 0 aliphatic heterocycles. The van der Waals surface area contributed by atoms with Gasteiger partial charge in [-0.25, -0.2) is 0 Å². The van der Waals surface area contributed by atoms with Crippen molar-refractivity contribution in [2.75, 3.05) is 6.61 Å². The molecule has 1 fully saturated rings. The molecule has 1 aliphatic rings. The lowest BCUT2D eigenvalue weighted by Gasteiger charge is -2.14. The van der Waals surface area contributed by atoms with Crippen LogP contribution in [0.4, 0.5) is 0 Å². The molecule has 0 bridgehead atoms. The molecular weight excluding hydrogens is 216 g/mol. The number of ether oxygens (including phenoxy) is 1. The molecule has 1 rings (SSSR count). The third-order valence-electron chi connectivity index (χ3n) is 3.28. The minimum atomic E-state index is -0.142. The van der Waals surface area contributed by atoms with Crippen molar-refractivity contribution in [2.24, 2.45) is 17.8 Å². The maximum Gasteiger partial charge on any atom is 0.306 e. The average Bonchev–Trinajstić information content (AvgIpc) is 2.59. The summed E-state index contributed by atoms with van der Waals surface area (Å²) in [5, 5.41) is 0. The minimum Gasteiger partial charge on any atom is -0.465 e. The van der Waals surface area contributed by atoms with Crippen LogP contribution in [0.2, 0.25) is 0 Å². The second-order valence-electron chi connectivity index (χ2n) is 5.23. The molecule has 3 nitrogen and oxygen atoms in total. The van der Waals surface area contributed by atoms with E-state index >= 15 is 0 Å². The van der Waals surface area contributed by atoms with Crippen LogP contribution >= 0.6 is 0 Å². The fourth-order valence-corrected chi connectivity index (χ4v) is 2.24. The van der Waals surface area contributed by atoms with Crippen LogP contribution in [-0.2, 0) is 14.3 Å². The number of hydrogen-bond donors (Lipinski definition) is 0. The van der Waals surface area contributed by atoms with Crippen LogP contribution in [0, 0.1) is 17.8 Å². The van der Waals surface area contributed by atoms with Gasteiger partial charge in [0.1, 0.15) is 6.29 Å². The second kappa shape index (κ2) is 6.58. The van der Waals surface area contributed by atoms with E-state index in [-0.39, 0.29) is 17.8 Å². The van der Waals surface area contributed by atoms with Gasteiger partial charge in [0.05, 0.1) is 13.0 Å². The molecule has 3 heteroatoms. The van der Waals surface area contributed by atoms with Gasteiger partial charge in [-0.05, 0) is 30.6 Å². The number of carbonyl (C=O) groups excluding carboxylic acids is 2. The number of aldehydes is 1. The molecule has 0 amide bonds. The topological polar surface area (TPSA) is 43.4 Å². The molecule has 0 heterocycles. The molecule has 1 saturated carbocycles. The van der Waals surface area contributed by atoms with E-state index in [9.17, 15) is 9.59 Å². The summed E-state index contributed by atoms with van der Waals surface area (Å²) in [6.07, 6.45) is 3.82. The zero-order valence-corrected chi connectivity index (χ0v) is 10.8. The van der Waals surface area contributed by atoms with Crippen molar-refractivity contribution in [3.8, 4) is 0 Å². The van der Waals surface area contributed by atoms with Gasteiger partial charge < -0.3 is 9.53 Å². The summed E-state index contributed by atoms with van der Waals surface area (Å²) in [5.74, 6) is 0.708. The molecule has 96 valence electrons. The highest BCUT2D eigenvalue weighted by Gasteiger charge is 2.30. The summed E-state index contributed by atoms with van der Waals surface area (Å²) in [6, 6.07) is 0. The van der Waals surface area contributed by atoms with Crippen molar-refractivity contribution >= 4 is 12.3 Å². The van der Waals surface area contributed by atoms with Crippen LogP contribution in [0.3, 0.4) is 0 Å². The van der Waals surface area contributed by atoms with Crippen LogP contribution in [0.1, 0.15) is 39.5 Å². The molecule has 0 aromatic heterocycles. The Morgan fingerprint density at radius 2 is 2.12 bits per heavy atom. The van der Waals surface area contributed by atoms with Crippen LogP contribution in [-0.4, -0.2) is 18.9 Å². The predicted molar refractivity (Wildman–Crippen MR) is 66.4 cm³/mol. The summed E-state index contributed by atoms with van der Waals surface area (Å²) in [4.78, 5) is 22.1. The third kappa shape index (κ3) is 4.33. The first kappa shape index (κ1) is 13.9. The van der Waals surface area contributed by atoms with E-state index in [0.717, 1.165) is 24.7 Å². The van der Waals surface area contributed by atoms with Gasteiger partial charge in [-0.1, -0.05) is 26.0 Å². The molecule has 17 heavy (non-hydrogen) atoms. The Bertz CT molecular complexity index is 294. The van der Waals surface area contributed by atoms with Gasteiger partial charge >= 0.3 is 5.97 Å². The molecule has 0 spiro atoms. The van der Waals surface area contributed by atoms with E-state index in [4.69, 9.17) is 4.74 Å². The second-order valence-corrected chi connectivity index (χ2v) is 5.23. The largest absolute Gasteiger partial charge is 0.465 e. The van der Waals surface area contributed by atoms with E-state index in [1.807, 2.05) is 13.8 Å². The minimum absolute atomic E-state index is 0.142. The summed E-state index contributed by atoms with van der Waals surface area (Å²) >= 11 is 0. The summed E-state index contributed by atoms with van der Waals surface area (Å²) in [6.45, 7) is 8.53. The van der Waals surface area contributed by atoms with Crippen LogP contribution < -0.4 is 0 Å². The summed E-state index contributed by atoms with van der Waals surface area (Å²) < 4.78 is 5.16. The van der Waals surface area contributed by atoms with E-state index < -0.39 is 0 Å². The zero-order chi connectivity index (χ0) is 12.8. The lowest BCUT2D eigenvalue weighted by Crippen LogP contribution is -2.14. The van der Waals surface area contributed by atoms with Crippen molar-refractivity contribution in [3.63, 3.8) is 0 Å². The maximum atomic E-state index is 11.6. The van der Waals surface area contributed by atoms with Crippen molar-refractivity contribution in [1.82, 2.24) is 0 Å². The number of allylic oxidation sites excluding steroid dienone is 1. The highest BCUT2D eigenvalue weighted by molar-refractivity contribution is 5.70. The standard InChI is InChI=1S/C14H22O3/c1-10(2)9-17-14(16)8-13-5-4-12(6-7-15)11(13)3/h7,10,12-13H,3-6,8-9H2,1-2H3/t12?,13-/m0/s1. The Hall–Kier alpha value is -1.12. The first-order valence-corrected chi connectivity index (χ1v) is 6.32. The lowest BCUT2D eigenvalue weighted by molar-refractivity contribution is -0.145. The Kier molecular flexibility index (Phi) is 5.39. The van der Waals surface area contributed by atoms with Crippen LogP contribution in [0.15, 0.2) is 12.2 Å². The lowest BCUT2D eigenvalue weighted by atomic mass is 9.94. The summed E-state index contributed by atoms with van der Waals surface area (Å²) in [5.41, 5.74) is 1.05. The normalized spacial score (nSPS) is 24.1. The smallest absolute Gasteiger partial charge is 0.306 e. The highest BCUT2D eigenvalue weighted by Crippen LogP contribution is 2.38. The first-order chi connectivity index (χ1) is 8.04. The number of carbonyl (C=O) groups is 2. The van der Waals surface area contributed by atoms with E-state index in [0.29, 0.717) is 25.4 Å². The van der Waals surface area contributed by atoms with Gasteiger partial charge in [-0.15, -0.1) is 0 Å². The predicted octanol–water partition coefficient (Wildman–Crippen LogP) is 2.75. The highest BCUT2D eigenvalue weighted by atomic mass is 16.5. The molecule has 0 radical (unpaired) electrons. The van der Waals surface area contributed by atoms with Crippen LogP contribution in [0.5, 0.6) is 0 Å². The van der Waals surface area contributed by atoms with Gasteiger partial charge in [0.25, 0.3) is 0 Å². The molecule has 0 aromatic carbocycles. The monoisotopic (exact) mass is 238 g/mol. The van der Waals surface area contributed by atoms with Crippen molar-refractivity contribution < 1.29 is 14.3 Å². The number of hydrogen-bond acceptors (Lipinski definition) is 3. The fourth-order valence-electron chi connectivity index (χ4n) is 2.24. The molecule has 1 unspecified atom stereocenters. The van der Waals surface area contributed by atoms with Gasteiger partial charge in [0.15, 0.2) is 0 Å². The van der Waals surface area contributed by atoms with Gasteiger partial charge in [-0.2, -0.15) is 0 Å².